The molecule has 3 saturated carbocycles. The first-order chi connectivity index (χ1) is 14.1. The standard InChI is InChI=1S/C29H46O/c1-19(2)17-20(3)7-8-21(4)25-11-12-26-24-10-9-22-18-23(30)13-15-28(22,5)27(24)14-16-29(25,26)6/h7-10,19-21,23,25-27,30H,11-18H2,1-6H3/b8-7+/t20?,21-,23+,25-,26+,27+,28+,29-/m1/s1. The minimum absolute atomic E-state index is 0.116. The molecule has 8 atom stereocenters. The van der Waals surface area contributed by atoms with Crippen molar-refractivity contribution in [3.05, 3.63) is 35.5 Å². The third-order valence-electron chi connectivity index (χ3n) is 9.84. The van der Waals surface area contributed by atoms with E-state index in [9.17, 15) is 5.11 Å². The van der Waals surface area contributed by atoms with Crippen molar-refractivity contribution in [2.75, 3.05) is 0 Å². The number of allylic oxidation sites excluding steroid dienone is 5. The first-order valence-electron chi connectivity index (χ1n) is 12.9. The summed E-state index contributed by atoms with van der Waals surface area (Å²) >= 11 is 0. The number of fused-ring (bicyclic) bond motifs is 5. The van der Waals surface area contributed by atoms with Crippen LogP contribution in [0.1, 0.15) is 92.9 Å². The molecule has 1 N–H and O–H groups in total. The normalized spacial score (nSPS) is 42.9. The van der Waals surface area contributed by atoms with E-state index in [1.165, 1.54) is 44.1 Å². The summed E-state index contributed by atoms with van der Waals surface area (Å²) in [6.45, 7) is 14.7. The summed E-state index contributed by atoms with van der Waals surface area (Å²) in [7, 11) is 0. The van der Waals surface area contributed by atoms with Crippen molar-refractivity contribution in [1.29, 1.82) is 0 Å². The molecule has 4 aliphatic rings. The average Bonchev–Trinajstić information content (AvgIpc) is 3.03. The number of rotatable bonds is 5. The molecule has 0 amide bonds. The third kappa shape index (κ3) is 3.78. The van der Waals surface area contributed by atoms with Crippen molar-refractivity contribution in [2.24, 2.45) is 46.3 Å². The van der Waals surface area contributed by atoms with Gasteiger partial charge in [-0.2, -0.15) is 0 Å². The first kappa shape index (κ1) is 22.4. The second-order valence-electron chi connectivity index (χ2n) is 12.4. The van der Waals surface area contributed by atoms with Gasteiger partial charge in [0.1, 0.15) is 0 Å². The summed E-state index contributed by atoms with van der Waals surface area (Å²) in [5.41, 5.74) is 4.07. The molecule has 1 nitrogen and oxygen atoms in total. The van der Waals surface area contributed by atoms with Crippen LogP contribution in [-0.4, -0.2) is 11.2 Å². The number of hydrogen-bond donors (Lipinski definition) is 1. The van der Waals surface area contributed by atoms with Gasteiger partial charge in [-0.15, -0.1) is 0 Å². The van der Waals surface area contributed by atoms with Crippen LogP contribution < -0.4 is 0 Å². The molecule has 30 heavy (non-hydrogen) atoms. The second kappa shape index (κ2) is 8.27. The van der Waals surface area contributed by atoms with Crippen LogP contribution in [0.3, 0.4) is 0 Å². The molecule has 0 bridgehead atoms. The van der Waals surface area contributed by atoms with Crippen molar-refractivity contribution in [2.45, 2.75) is 99.0 Å². The van der Waals surface area contributed by atoms with E-state index in [1.54, 1.807) is 5.57 Å². The van der Waals surface area contributed by atoms with Crippen molar-refractivity contribution in [3.63, 3.8) is 0 Å². The highest BCUT2D eigenvalue weighted by atomic mass is 16.3. The minimum atomic E-state index is -0.116. The van der Waals surface area contributed by atoms with E-state index in [2.05, 4.69) is 65.8 Å². The van der Waals surface area contributed by atoms with Crippen molar-refractivity contribution in [1.82, 2.24) is 0 Å². The highest BCUT2D eigenvalue weighted by molar-refractivity contribution is 5.39. The quantitative estimate of drug-likeness (QED) is 0.460. The van der Waals surface area contributed by atoms with Crippen LogP contribution in [0.5, 0.6) is 0 Å². The molecule has 1 heteroatoms. The average molecular weight is 411 g/mol. The SMILES string of the molecule is CC(C)CC(C)/C=C/[C@@H](C)[C@H]1CC[C@H]2C3=CC=C4C[C@@H](O)CC[C@]4(C)[C@H]3CC[C@]12C. The molecule has 0 aliphatic heterocycles. The Kier molecular flexibility index (Phi) is 6.17. The van der Waals surface area contributed by atoms with Gasteiger partial charge in [-0.3, -0.25) is 0 Å². The second-order valence-corrected chi connectivity index (χ2v) is 12.4. The Labute approximate surface area is 186 Å². The molecule has 0 aromatic heterocycles. The zero-order valence-electron chi connectivity index (χ0n) is 20.5. The lowest BCUT2D eigenvalue weighted by molar-refractivity contribution is 0.0382. The van der Waals surface area contributed by atoms with Crippen LogP contribution in [0.4, 0.5) is 0 Å². The molecule has 0 aromatic rings. The molecule has 4 rings (SSSR count). The van der Waals surface area contributed by atoms with Gasteiger partial charge < -0.3 is 5.11 Å². The fourth-order valence-electron chi connectivity index (χ4n) is 8.21. The van der Waals surface area contributed by atoms with Crippen molar-refractivity contribution >= 4 is 0 Å². The lowest BCUT2D eigenvalue weighted by atomic mass is 9.50. The molecule has 3 fully saturated rings. The third-order valence-corrected chi connectivity index (χ3v) is 9.84. The number of hydrogen-bond acceptors (Lipinski definition) is 1. The molecular weight excluding hydrogens is 364 g/mol. The maximum Gasteiger partial charge on any atom is 0.0578 e. The molecule has 0 radical (unpaired) electrons. The summed E-state index contributed by atoms with van der Waals surface area (Å²) in [4.78, 5) is 0. The van der Waals surface area contributed by atoms with E-state index in [0.29, 0.717) is 22.7 Å². The van der Waals surface area contributed by atoms with Crippen LogP contribution in [0, 0.1) is 46.3 Å². The van der Waals surface area contributed by atoms with Gasteiger partial charge in [0.15, 0.2) is 0 Å². The molecule has 168 valence electrons. The summed E-state index contributed by atoms with van der Waals surface area (Å²) in [6.07, 6.45) is 19.7. The Bertz CT molecular complexity index is 727. The zero-order chi connectivity index (χ0) is 21.7. The summed E-state index contributed by atoms with van der Waals surface area (Å²) in [5.74, 6) is 4.46. The largest absolute Gasteiger partial charge is 0.393 e. The number of aliphatic hydroxyl groups is 1. The highest BCUT2D eigenvalue weighted by Crippen LogP contribution is 2.65. The van der Waals surface area contributed by atoms with E-state index in [-0.39, 0.29) is 6.10 Å². The Morgan fingerprint density at radius 2 is 1.73 bits per heavy atom. The predicted molar refractivity (Wildman–Crippen MR) is 128 cm³/mol. The summed E-state index contributed by atoms with van der Waals surface area (Å²) < 4.78 is 0. The lowest BCUT2D eigenvalue weighted by Gasteiger charge is -2.55. The fourth-order valence-corrected chi connectivity index (χ4v) is 8.21. The van der Waals surface area contributed by atoms with E-state index >= 15 is 0 Å². The van der Waals surface area contributed by atoms with Gasteiger partial charge in [-0.1, -0.05) is 77.0 Å². The Morgan fingerprint density at radius 1 is 0.967 bits per heavy atom. The Morgan fingerprint density at radius 3 is 2.47 bits per heavy atom. The molecular formula is C29H46O. The van der Waals surface area contributed by atoms with Crippen LogP contribution in [0.25, 0.3) is 0 Å². The van der Waals surface area contributed by atoms with Gasteiger partial charge in [0.05, 0.1) is 6.10 Å². The molecule has 0 aromatic carbocycles. The van der Waals surface area contributed by atoms with Gasteiger partial charge in [-0.05, 0) is 97.7 Å². The summed E-state index contributed by atoms with van der Waals surface area (Å²) in [6, 6.07) is 0. The monoisotopic (exact) mass is 410 g/mol. The molecule has 0 heterocycles. The van der Waals surface area contributed by atoms with Gasteiger partial charge in [0.25, 0.3) is 0 Å². The van der Waals surface area contributed by atoms with E-state index in [1.807, 2.05) is 0 Å². The predicted octanol–water partition coefficient (Wildman–Crippen LogP) is 7.72. The maximum absolute atomic E-state index is 10.2. The topological polar surface area (TPSA) is 20.2 Å². The van der Waals surface area contributed by atoms with Gasteiger partial charge >= 0.3 is 0 Å². The smallest absolute Gasteiger partial charge is 0.0578 e. The van der Waals surface area contributed by atoms with E-state index < -0.39 is 0 Å². The van der Waals surface area contributed by atoms with Gasteiger partial charge in [0, 0.05) is 0 Å². The highest BCUT2D eigenvalue weighted by Gasteiger charge is 2.56. The lowest BCUT2D eigenvalue weighted by Crippen LogP contribution is -2.46. The summed E-state index contributed by atoms with van der Waals surface area (Å²) in [5, 5.41) is 10.2. The number of aliphatic hydroxyl groups excluding tert-OH is 1. The van der Waals surface area contributed by atoms with E-state index in [0.717, 1.165) is 36.5 Å². The minimum Gasteiger partial charge on any atom is -0.393 e. The van der Waals surface area contributed by atoms with Crippen LogP contribution in [-0.2, 0) is 0 Å². The molecule has 0 spiro atoms. The van der Waals surface area contributed by atoms with Crippen LogP contribution in [0.15, 0.2) is 35.5 Å². The van der Waals surface area contributed by atoms with Crippen LogP contribution >= 0.6 is 0 Å². The molecule has 4 aliphatic carbocycles. The zero-order valence-corrected chi connectivity index (χ0v) is 20.5. The maximum atomic E-state index is 10.2. The van der Waals surface area contributed by atoms with Crippen molar-refractivity contribution in [3.8, 4) is 0 Å². The molecule has 0 saturated heterocycles. The first-order valence-corrected chi connectivity index (χ1v) is 12.9. The van der Waals surface area contributed by atoms with Crippen LogP contribution in [0.2, 0.25) is 0 Å². The van der Waals surface area contributed by atoms with Gasteiger partial charge in [-0.25, -0.2) is 0 Å². The van der Waals surface area contributed by atoms with E-state index in [4.69, 9.17) is 0 Å². The Hall–Kier alpha value is -0.820. The van der Waals surface area contributed by atoms with Crippen molar-refractivity contribution < 1.29 is 5.11 Å². The Balaban J connectivity index is 1.53. The molecule has 1 unspecified atom stereocenters. The fraction of sp³-hybridized carbons (Fsp3) is 0.793. The van der Waals surface area contributed by atoms with Gasteiger partial charge in [0.2, 0.25) is 0 Å².